The maximum atomic E-state index is 5.21. The minimum absolute atomic E-state index is 0. The Morgan fingerprint density at radius 1 is 1.14 bits per heavy atom. The van der Waals surface area contributed by atoms with Gasteiger partial charge in [0.05, 0.1) is 7.11 Å². The van der Waals surface area contributed by atoms with E-state index in [0.29, 0.717) is 0 Å². The van der Waals surface area contributed by atoms with E-state index in [1.807, 2.05) is 36.4 Å². The van der Waals surface area contributed by atoms with Crippen molar-refractivity contribution in [2.75, 3.05) is 7.11 Å². The molecule has 0 N–H and O–H groups in total. The number of benzene rings is 2. The predicted molar refractivity (Wildman–Crippen MR) is 55.1 cm³/mol. The monoisotopic (exact) mass is 260 g/mol. The standard InChI is InChI=1S/C11H9O.BrH.Mg/c1-12-11-8-4-6-9-5-2-3-7-10(9)11;;/h2-5,7-8H,1H3;1H;/q-1;;+2/p-1. The van der Waals surface area contributed by atoms with Crippen molar-refractivity contribution in [1.29, 1.82) is 0 Å². The summed E-state index contributed by atoms with van der Waals surface area (Å²) in [5.74, 6) is 0.907. The van der Waals surface area contributed by atoms with E-state index in [0.717, 1.165) is 16.5 Å². The van der Waals surface area contributed by atoms with Crippen molar-refractivity contribution in [3.63, 3.8) is 0 Å². The van der Waals surface area contributed by atoms with E-state index in [4.69, 9.17) is 4.74 Å². The third-order valence-corrected chi connectivity index (χ3v) is 1.89. The Kier molecular flexibility index (Phi) is 6.16. The van der Waals surface area contributed by atoms with Gasteiger partial charge in [0.15, 0.2) is 0 Å². The fraction of sp³-hybridized carbons (Fsp3) is 0.0909. The number of hydrogen-bond acceptors (Lipinski definition) is 1. The second-order valence-corrected chi connectivity index (χ2v) is 2.59. The molecule has 0 bridgehead atoms. The zero-order valence-corrected chi connectivity index (χ0v) is 11.0. The second-order valence-electron chi connectivity index (χ2n) is 2.59. The van der Waals surface area contributed by atoms with Crippen LogP contribution >= 0.6 is 0 Å². The maximum absolute atomic E-state index is 5.21. The molecule has 2 aromatic rings. The van der Waals surface area contributed by atoms with Gasteiger partial charge in [-0.25, -0.2) is 0 Å². The van der Waals surface area contributed by atoms with Gasteiger partial charge in [-0.2, -0.15) is 0 Å². The largest absolute Gasteiger partial charge is 2.00 e. The molecule has 0 aliphatic heterocycles. The summed E-state index contributed by atoms with van der Waals surface area (Å²) in [4.78, 5) is 0. The van der Waals surface area contributed by atoms with Gasteiger partial charge in [-0.15, -0.1) is 35.7 Å². The van der Waals surface area contributed by atoms with Crippen LogP contribution in [-0.2, 0) is 0 Å². The molecule has 0 unspecified atom stereocenters. The molecule has 0 radical (unpaired) electrons. The fourth-order valence-electron chi connectivity index (χ4n) is 1.30. The molecule has 0 aliphatic carbocycles. The summed E-state index contributed by atoms with van der Waals surface area (Å²) in [6.45, 7) is 0. The fourth-order valence-corrected chi connectivity index (χ4v) is 1.30. The van der Waals surface area contributed by atoms with Crippen LogP contribution in [0.5, 0.6) is 5.75 Å². The SMILES string of the molecule is COc1cc[c-]c2ccccc12.[Br-].[Mg+2]. The predicted octanol–water partition coefficient (Wildman–Crippen LogP) is -0.728. The summed E-state index contributed by atoms with van der Waals surface area (Å²) >= 11 is 0. The number of fused-ring (bicyclic) bond motifs is 1. The maximum Gasteiger partial charge on any atom is 2.00 e. The first-order chi connectivity index (χ1) is 5.92. The van der Waals surface area contributed by atoms with E-state index in [-0.39, 0.29) is 40.0 Å². The van der Waals surface area contributed by atoms with Crippen molar-refractivity contribution in [2.24, 2.45) is 0 Å². The zero-order chi connectivity index (χ0) is 8.39. The van der Waals surface area contributed by atoms with E-state index in [1.165, 1.54) is 0 Å². The molecule has 0 saturated carbocycles. The van der Waals surface area contributed by atoms with Crippen LogP contribution in [-0.4, -0.2) is 30.2 Å². The van der Waals surface area contributed by atoms with Gasteiger partial charge < -0.3 is 21.7 Å². The molecule has 0 atom stereocenters. The molecule has 0 fully saturated rings. The average molecular weight is 261 g/mol. The second kappa shape index (κ2) is 6.27. The normalized spacial score (nSPS) is 8.64. The summed E-state index contributed by atoms with van der Waals surface area (Å²) in [5.41, 5.74) is 0. The number of hydrogen-bond donors (Lipinski definition) is 0. The van der Waals surface area contributed by atoms with Crippen LogP contribution in [0.2, 0.25) is 0 Å². The molecule has 0 spiro atoms. The number of rotatable bonds is 1. The van der Waals surface area contributed by atoms with Gasteiger partial charge in [0.1, 0.15) is 0 Å². The van der Waals surface area contributed by atoms with Gasteiger partial charge in [0, 0.05) is 5.75 Å². The molecule has 0 amide bonds. The van der Waals surface area contributed by atoms with Crippen LogP contribution < -0.4 is 21.7 Å². The first kappa shape index (κ1) is 13.7. The van der Waals surface area contributed by atoms with E-state index in [1.54, 1.807) is 7.11 Å². The Bertz CT molecular complexity index is 398. The van der Waals surface area contributed by atoms with Crippen LogP contribution in [0, 0.1) is 6.07 Å². The molecule has 3 heteroatoms. The molecule has 1 nitrogen and oxygen atoms in total. The molecule has 0 aromatic heterocycles. The number of ether oxygens (including phenoxy) is 1. The van der Waals surface area contributed by atoms with Crippen molar-refractivity contribution in [3.05, 3.63) is 42.5 Å². The molecule has 0 saturated heterocycles. The van der Waals surface area contributed by atoms with Crippen LogP contribution in [0.3, 0.4) is 0 Å². The van der Waals surface area contributed by atoms with E-state index >= 15 is 0 Å². The van der Waals surface area contributed by atoms with Gasteiger partial charge in [0.25, 0.3) is 0 Å². The van der Waals surface area contributed by atoms with Crippen molar-refractivity contribution >= 4 is 33.8 Å². The van der Waals surface area contributed by atoms with Crippen molar-refractivity contribution in [1.82, 2.24) is 0 Å². The Morgan fingerprint density at radius 3 is 2.57 bits per heavy atom. The van der Waals surface area contributed by atoms with E-state index in [2.05, 4.69) is 6.07 Å². The molecule has 68 valence electrons. The summed E-state index contributed by atoms with van der Waals surface area (Å²) in [7, 11) is 1.68. The molecule has 2 aromatic carbocycles. The topological polar surface area (TPSA) is 9.23 Å². The molecule has 14 heavy (non-hydrogen) atoms. The molecular weight excluding hydrogens is 252 g/mol. The van der Waals surface area contributed by atoms with Gasteiger partial charge in [-0.05, 0) is 0 Å². The van der Waals surface area contributed by atoms with Gasteiger partial charge in [-0.3, -0.25) is 0 Å². The van der Waals surface area contributed by atoms with Gasteiger partial charge in [-0.1, -0.05) is 17.5 Å². The molecule has 2 rings (SSSR count). The van der Waals surface area contributed by atoms with Gasteiger partial charge in [0.2, 0.25) is 0 Å². The Balaban J connectivity index is 0.000000845. The molecule has 0 heterocycles. The molecule has 0 aliphatic rings. The minimum atomic E-state index is 0. The van der Waals surface area contributed by atoms with Crippen LogP contribution in [0.15, 0.2) is 36.4 Å². The summed E-state index contributed by atoms with van der Waals surface area (Å²) < 4.78 is 5.21. The van der Waals surface area contributed by atoms with Gasteiger partial charge >= 0.3 is 23.1 Å². The minimum Gasteiger partial charge on any atom is -1.00 e. The number of halogens is 1. The summed E-state index contributed by atoms with van der Waals surface area (Å²) in [6.07, 6.45) is 0. The zero-order valence-electron chi connectivity index (χ0n) is 7.96. The van der Waals surface area contributed by atoms with Crippen LogP contribution in [0.4, 0.5) is 0 Å². The number of methoxy groups -OCH3 is 1. The smallest absolute Gasteiger partial charge is 1.00 e. The first-order valence-corrected chi connectivity index (χ1v) is 3.85. The van der Waals surface area contributed by atoms with E-state index in [9.17, 15) is 0 Å². The van der Waals surface area contributed by atoms with Crippen molar-refractivity contribution in [3.8, 4) is 5.75 Å². The Hall–Kier alpha value is -0.254. The third kappa shape index (κ3) is 2.62. The van der Waals surface area contributed by atoms with E-state index < -0.39 is 0 Å². The quantitative estimate of drug-likeness (QED) is 0.486. The van der Waals surface area contributed by atoms with Crippen LogP contribution in [0.25, 0.3) is 10.8 Å². The Labute approximate surface area is 110 Å². The van der Waals surface area contributed by atoms with Crippen molar-refractivity contribution in [2.45, 2.75) is 0 Å². The molecular formula is C11H9BrMgO. The summed E-state index contributed by atoms with van der Waals surface area (Å²) in [6, 6.07) is 15.0. The summed E-state index contributed by atoms with van der Waals surface area (Å²) in [5, 5.41) is 2.21. The third-order valence-electron chi connectivity index (χ3n) is 1.89. The Morgan fingerprint density at radius 2 is 1.86 bits per heavy atom. The van der Waals surface area contributed by atoms with Crippen molar-refractivity contribution < 1.29 is 21.7 Å². The first-order valence-electron chi connectivity index (χ1n) is 3.85. The average Bonchev–Trinajstić information content (AvgIpc) is 2.17. The van der Waals surface area contributed by atoms with Crippen LogP contribution in [0.1, 0.15) is 0 Å².